The van der Waals surface area contributed by atoms with Crippen molar-refractivity contribution in [3.63, 3.8) is 0 Å². The standard InChI is InChI=1S/C3H8N2S/c4-3-1-5(6)2-3/h3,6H,1-2,4H2. The largest absolute Gasteiger partial charge is 0.325 e. The van der Waals surface area contributed by atoms with Crippen LogP contribution in [0.25, 0.3) is 0 Å². The van der Waals surface area contributed by atoms with Gasteiger partial charge in [0.1, 0.15) is 0 Å². The molecule has 1 fully saturated rings. The molecule has 0 unspecified atom stereocenters. The second-order valence-electron chi connectivity index (χ2n) is 1.63. The monoisotopic (exact) mass is 104 g/mol. The molecule has 0 aromatic carbocycles. The predicted molar refractivity (Wildman–Crippen MR) is 28.5 cm³/mol. The number of nitrogens with zero attached hydrogens (tertiary/aromatic N) is 1. The third-order valence-corrected chi connectivity index (χ3v) is 1.22. The minimum Gasteiger partial charge on any atom is -0.325 e. The molecule has 2 nitrogen and oxygen atoms in total. The first-order valence-corrected chi connectivity index (χ1v) is 2.38. The molecule has 1 aliphatic rings. The average Bonchev–Trinajstić information content (AvgIpc) is 1.33. The van der Waals surface area contributed by atoms with Crippen LogP contribution in [0, 0.1) is 0 Å². The molecule has 36 valence electrons. The van der Waals surface area contributed by atoms with Crippen LogP contribution in [-0.2, 0) is 0 Å². The van der Waals surface area contributed by atoms with Gasteiger partial charge in [-0.2, -0.15) is 0 Å². The Hall–Kier alpha value is 0.270. The average molecular weight is 104 g/mol. The summed E-state index contributed by atoms with van der Waals surface area (Å²) in [6.45, 7) is 1.90. The third-order valence-electron chi connectivity index (χ3n) is 0.891. The number of nitrogens with two attached hydrogens (primary N) is 1. The number of hydrogen-bond donors (Lipinski definition) is 2. The first-order chi connectivity index (χ1) is 2.79. The summed E-state index contributed by atoms with van der Waals surface area (Å²) in [6, 6.07) is 0.391. The molecule has 0 saturated carbocycles. The highest BCUT2D eigenvalue weighted by Gasteiger charge is 2.18. The van der Waals surface area contributed by atoms with Crippen LogP contribution in [0.2, 0.25) is 0 Å². The van der Waals surface area contributed by atoms with Crippen LogP contribution < -0.4 is 5.73 Å². The van der Waals surface area contributed by atoms with E-state index in [2.05, 4.69) is 12.8 Å². The van der Waals surface area contributed by atoms with E-state index in [1.807, 2.05) is 4.31 Å². The van der Waals surface area contributed by atoms with E-state index in [1.165, 1.54) is 0 Å². The zero-order valence-electron chi connectivity index (χ0n) is 3.46. The lowest BCUT2D eigenvalue weighted by Gasteiger charge is -2.31. The molecule has 2 N–H and O–H groups in total. The van der Waals surface area contributed by atoms with Gasteiger partial charge in [0.25, 0.3) is 0 Å². The number of thiol groups is 1. The SMILES string of the molecule is NC1CN(S)C1. The topological polar surface area (TPSA) is 29.3 Å². The van der Waals surface area contributed by atoms with Gasteiger partial charge in [0.15, 0.2) is 0 Å². The van der Waals surface area contributed by atoms with Crippen LogP contribution in [-0.4, -0.2) is 23.4 Å². The van der Waals surface area contributed by atoms with E-state index in [4.69, 9.17) is 5.73 Å². The lowest BCUT2D eigenvalue weighted by Crippen LogP contribution is -2.50. The molecule has 0 aromatic heterocycles. The summed E-state index contributed by atoms with van der Waals surface area (Å²) in [5.74, 6) is 0. The van der Waals surface area contributed by atoms with Crippen molar-refractivity contribution in [3.8, 4) is 0 Å². The minimum atomic E-state index is 0.391. The molecular formula is C3H8N2S. The van der Waals surface area contributed by atoms with Crippen molar-refractivity contribution >= 4 is 12.8 Å². The van der Waals surface area contributed by atoms with Crippen LogP contribution >= 0.6 is 12.8 Å². The Labute approximate surface area is 42.9 Å². The van der Waals surface area contributed by atoms with Gasteiger partial charge in [-0.05, 0) is 0 Å². The maximum atomic E-state index is 5.38. The van der Waals surface area contributed by atoms with Crippen molar-refractivity contribution in [2.24, 2.45) is 5.73 Å². The fourth-order valence-corrected chi connectivity index (χ4v) is 0.907. The van der Waals surface area contributed by atoms with E-state index in [9.17, 15) is 0 Å². The highest BCUT2D eigenvalue weighted by atomic mass is 32.1. The van der Waals surface area contributed by atoms with Crippen molar-refractivity contribution < 1.29 is 0 Å². The van der Waals surface area contributed by atoms with Crippen molar-refractivity contribution in [1.29, 1.82) is 0 Å². The van der Waals surface area contributed by atoms with Crippen molar-refractivity contribution in [2.45, 2.75) is 6.04 Å². The Morgan fingerprint density at radius 1 is 1.67 bits per heavy atom. The molecule has 0 radical (unpaired) electrons. The lowest BCUT2D eigenvalue weighted by atomic mass is 10.2. The molecule has 0 spiro atoms. The zero-order chi connectivity index (χ0) is 4.57. The Bertz CT molecular complexity index is 44.8. The maximum Gasteiger partial charge on any atom is 0.0316 e. The number of rotatable bonds is 0. The van der Waals surface area contributed by atoms with E-state index in [-0.39, 0.29) is 0 Å². The quantitative estimate of drug-likeness (QED) is 0.405. The molecule has 0 atom stereocenters. The van der Waals surface area contributed by atoms with Gasteiger partial charge >= 0.3 is 0 Å². The highest BCUT2D eigenvalue weighted by Crippen LogP contribution is 2.05. The van der Waals surface area contributed by atoms with Crippen LogP contribution in [0.3, 0.4) is 0 Å². The fourth-order valence-electron chi connectivity index (χ4n) is 0.488. The van der Waals surface area contributed by atoms with Gasteiger partial charge in [-0.15, -0.1) is 0 Å². The van der Waals surface area contributed by atoms with Crippen molar-refractivity contribution in [3.05, 3.63) is 0 Å². The van der Waals surface area contributed by atoms with Gasteiger partial charge < -0.3 is 5.73 Å². The Morgan fingerprint density at radius 3 is 2.17 bits per heavy atom. The van der Waals surface area contributed by atoms with Gasteiger partial charge in [-0.25, -0.2) is 0 Å². The number of hydrogen-bond acceptors (Lipinski definition) is 3. The van der Waals surface area contributed by atoms with E-state index >= 15 is 0 Å². The molecule has 1 aliphatic heterocycles. The summed E-state index contributed by atoms with van der Waals surface area (Å²) in [6.07, 6.45) is 0. The first-order valence-electron chi connectivity index (χ1n) is 1.98. The maximum absolute atomic E-state index is 5.38. The molecular weight excluding hydrogens is 96.1 g/mol. The molecule has 0 amide bonds. The van der Waals surface area contributed by atoms with Gasteiger partial charge in [-0.1, -0.05) is 12.8 Å². The Morgan fingerprint density at radius 2 is 2.17 bits per heavy atom. The smallest absolute Gasteiger partial charge is 0.0316 e. The lowest BCUT2D eigenvalue weighted by molar-refractivity contribution is 0.296. The van der Waals surface area contributed by atoms with Crippen LogP contribution in [0.1, 0.15) is 0 Å². The summed E-state index contributed by atoms with van der Waals surface area (Å²) in [7, 11) is 0. The van der Waals surface area contributed by atoms with Crippen LogP contribution in [0.15, 0.2) is 0 Å². The summed E-state index contributed by atoms with van der Waals surface area (Å²) in [4.78, 5) is 0. The fraction of sp³-hybridized carbons (Fsp3) is 1.00. The van der Waals surface area contributed by atoms with Crippen molar-refractivity contribution in [1.82, 2.24) is 4.31 Å². The minimum absolute atomic E-state index is 0.391. The van der Waals surface area contributed by atoms with Gasteiger partial charge in [-0.3, -0.25) is 4.31 Å². The van der Waals surface area contributed by atoms with E-state index in [0.717, 1.165) is 13.1 Å². The normalized spacial score (nSPS) is 27.0. The third kappa shape index (κ3) is 0.668. The Balaban J connectivity index is 2.11. The predicted octanol–water partition coefficient (Wildman–Crippen LogP) is -0.526. The van der Waals surface area contributed by atoms with E-state index in [1.54, 1.807) is 0 Å². The van der Waals surface area contributed by atoms with Gasteiger partial charge in [0, 0.05) is 19.1 Å². The van der Waals surface area contributed by atoms with Gasteiger partial charge in [0.05, 0.1) is 0 Å². The summed E-state index contributed by atoms with van der Waals surface area (Å²) in [5.41, 5.74) is 5.38. The van der Waals surface area contributed by atoms with E-state index in [0.29, 0.717) is 6.04 Å². The molecule has 1 saturated heterocycles. The molecule has 3 heteroatoms. The van der Waals surface area contributed by atoms with E-state index < -0.39 is 0 Å². The van der Waals surface area contributed by atoms with Crippen LogP contribution in [0.5, 0.6) is 0 Å². The summed E-state index contributed by atoms with van der Waals surface area (Å²) < 4.78 is 1.89. The summed E-state index contributed by atoms with van der Waals surface area (Å²) >= 11 is 4.00. The molecule has 1 heterocycles. The van der Waals surface area contributed by atoms with Crippen molar-refractivity contribution in [2.75, 3.05) is 13.1 Å². The molecule has 6 heavy (non-hydrogen) atoms. The second kappa shape index (κ2) is 1.40. The molecule has 0 aromatic rings. The first kappa shape index (κ1) is 4.43. The molecule has 0 bridgehead atoms. The van der Waals surface area contributed by atoms with Gasteiger partial charge in [0.2, 0.25) is 0 Å². The summed E-state index contributed by atoms with van der Waals surface area (Å²) in [5, 5.41) is 0. The molecule has 0 aliphatic carbocycles. The second-order valence-corrected chi connectivity index (χ2v) is 2.20. The molecule has 1 rings (SSSR count). The highest BCUT2D eigenvalue weighted by molar-refractivity contribution is 7.77. The zero-order valence-corrected chi connectivity index (χ0v) is 4.36. The Kier molecular flexibility index (Phi) is 1.04. The van der Waals surface area contributed by atoms with Crippen LogP contribution in [0.4, 0.5) is 0 Å².